The van der Waals surface area contributed by atoms with Crippen molar-refractivity contribution in [2.24, 2.45) is 0 Å². The highest BCUT2D eigenvalue weighted by Gasteiger charge is 2.22. The van der Waals surface area contributed by atoms with Gasteiger partial charge in [-0.25, -0.2) is 9.78 Å². The molecule has 1 unspecified atom stereocenters. The first kappa shape index (κ1) is 20.6. The van der Waals surface area contributed by atoms with E-state index in [2.05, 4.69) is 15.6 Å². The second-order valence-electron chi connectivity index (χ2n) is 6.96. The number of imide groups is 1. The Kier molecular flexibility index (Phi) is 6.32. The molecule has 0 spiro atoms. The van der Waals surface area contributed by atoms with Gasteiger partial charge in [-0.2, -0.15) is 0 Å². The molecule has 0 radical (unpaired) electrons. The van der Waals surface area contributed by atoms with Crippen LogP contribution in [0.2, 0.25) is 0 Å². The summed E-state index contributed by atoms with van der Waals surface area (Å²) in [7, 11) is 0. The number of esters is 1. The first-order chi connectivity index (χ1) is 12.6. The van der Waals surface area contributed by atoms with Crippen molar-refractivity contribution >= 4 is 39.5 Å². The molecule has 27 heavy (non-hydrogen) atoms. The van der Waals surface area contributed by atoms with Gasteiger partial charge in [0.1, 0.15) is 4.83 Å². The van der Waals surface area contributed by atoms with Crippen LogP contribution in [0.1, 0.15) is 34.1 Å². The van der Waals surface area contributed by atoms with Crippen LogP contribution in [0, 0.1) is 0 Å². The maximum absolute atomic E-state index is 12.2. The standard InChI is InChI=1S/C17H22N4O5S/c1-10(13(23)19-16(25)20-17(2,3)4)26-12(22)5-7-21-9-18-14-11(15(21)24)6-8-27-14/h6,8-10H,5,7H2,1-4H3,(H2,19,20,23,25). The molecule has 2 rings (SSSR count). The zero-order valence-corrected chi connectivity index (χ0v) is 16.4. The molecule has 0 aliphatic heterocycles. The van der Waals surface area contributed by atoms with Crippen LogP contribution >= 0.6 is 11.3 Å². The summed E-state index contributed by atoms with van der Waals surface area (Å²) in [6.07, 6.45) is 0.127. The van der Waals surface area contributed by atoms with Crippen LogP contribution in [-0.2, 0) is 20.9 Å². The number of aryl methyl sites for hydroxylation is 1. The highest BCUT2D eigenvalue weighted by atomic mass is 32.1. The summed E-state index contributed by atoms with van der Waals surface area (Å²) in [5.74, 6) is -1.39. The lowest BCUT2D eigenvalue weighted by Gasteiger charge is -2.21. The van der Waals surface area contributed by atoms with Crippen molar-refractivity contribution in [1.82, 2.24) is 20.2 Å². The molecule has 146 valence electrons. The van der Waals surface area contributed by atoms with Crippen LogP contribution in [0.3, 0.4) is 0 Å². The summed E-state index contributed by atoms with van der Waals surface area (Å²) >= 11 is 1.36. The predicted molar refractivity (Wildman–Crippen MR) is 100 cm³/mol. The van der Waals surface area contributed by atoms with Gasteiger partial charge in [-0.15, -0.1) is 11.3 Å². The van der Waals surface area contributed by atoms with E-state index < -0.39 is 29.6 Å². The number of thiophene rings is 1. The number of fused-ring (bicyclic) bond motifs is 1. The van der Waals surface area contributed by atoms with Crippen molar-refractivity contribution in [2.45, 2.75) is 52.3 Å². The molecule has 2 aromatic heterocycles. The maximum atomic E-state index is 12.2. The van der Waals surface area contributed by atoms with Gasteiger partial charge in [-0.05, 0) is 39.1 Å². The summed E-state index contributed by atoms with van der Waals surface area (Å²) in [6.45, 7) is 6.75. The highest BCUT2D eigenvalue weighted by Crippen LogP contribution is 2.13. The monoisotopic (exact) mass is 394 g/mol. The molecule has 2 N–H and O–H groups in total. The van der Waals surface area contributed by atoms with Crippen LogP contribution in [0.4, 0.5) is 4.79 Å². The molecule has 9 nitrogen and oxygen atoms in total. The highest BCUT2D eigenvalue weighted by molar-refractivity contribution is 7.16. The number of ether oxygens (including phenoxy) is 1. The van der Waals surface area contributed by atoms with Crippen molar-refractivity contribution in [3.63, 3.8) is 0 Å². The largest absolute Gasteiger partial charge is 0.452 e. The van der Waals surface area contributed by atoms with Gasteiger partial charge < -0.3 is 10.1 Å². The Morgan fingerprint density at radius 2 is 2.04 bits per heavy atom. The smallest absolute Gasteiger partial charge is 0.321 e. The number of rotatable bonds is 5. The second-order valence-corrected chi connectivity index (χ2v) is 7.85. The van der Waals surface area contributed by atoms with E-state index in [4.69, 9.17) is 4.74 Å². The quantitative estimate of drug-likeness (QED) is 0.740. The first-order valence-electron chi connectivity index (χ1n) is 8.32. The number of carbonyl (C=O) groups is 3. The number of carbonyl (C=O) groups excluding carboxylic acids is 3. The molecular weight excluding hydrogens is 372 g/mol. The summed E-state index contributed by atoms with van der Waals surface area (Å²) in [4.78, 5) is 52.5. The zero-order valence-electron chi connectivity index (χ0n) is 15.6. The summed E-state index contributed by atoms with van der Waals surface area (Å²) in [5.41, 5.74) is -0.742. The fourth-order valence-electron chi connectivity index (χ4n) is 2.16. The fourth-order valence-corrected chi connectivity index (χ4v) is 2.88. The number of nitrogens with one attached hydrogen (secondary N) is 2. The average Bonchev–Trinajstić information content (AvgIpc) is 3.01. The van der Waals surface area contributed by atoms with Crippen molar-refractivity contribution in [3.05, 3.63) is 28.1 Å². The molecule has 0 bridgehead atoms. The molecule has 3 amide bonds. The van der Waals surface area contributed by atoms with Crippen LogP contribution in [0.15, 0.2) is 22.6 Å². The van der Waals surface area contributed by atoms with E-state index in [1.165, 1.54) is 29.2 Å². The number of hydrogen-bond acceptors (Lipinski definition) is 7. The molecule has 1 atom stereocenters. The van der Waals surface area contributed by atoms with Gasteiger partial charge in [0.05, 0.1) is 18.1 Å². The van der Waals surface area contributed by atoms with E-state index in [0.717, 1.165) is 0 Å². The van der Waals surface area contributed by atoms with E-state index in [9.17, 15) is 19.2 Å². The van der Waals surface area contributed by atoms with Gasteiger partial charge in [-0.3, -0.25) is 24.3 Å². The van der Waals surface area contributed by atoms with Crippen LogP contribution < -0.4 is 16.2 Å². The summed E-state index contributed by atoms with van der Waals surface area (Å²) in [5, 5.41) is 6.94. The molecule has 0 aliphatic rings. The Morgan fingerprint density at radius 1 is 1.33 bits per heavy atom. The van der Waals surface area contributed by atoms with Gasteiger partial charge in [0.2, 0.25) is 0 Å². The number of amides is 3. The van der Waals surface area contributed by atoms with E-state index >= 15 is 0 Å². The normalized spacial score (nSPS) is 12.4. The Hall–Kier alpha value is -2.75. The Balaban J connectivity index is 1.85. The molecule has 2 heterocycles. The van der Waals surface area contributed by atoms with Gasteiger partial charge in [0.15, 0.2) is 6.10 Å². The summed E-state index contributed by atoms with van der Waals surface area (Å²) in [6, 6.07) is 1.01. The fraction of sp³-hybridized carbons (Fsp3) is 0.471. The Labute approximate surface area is 159 Å². The molecular formula is C17H22N4O5S. The molecule has 0 saturated heterocycles. The molecule has 0 aliphatic carbocycles. The number of aromatic nitrogens is 2. The minimum atomic E-state index is -1.14. The lowest BCUT2D eigenvalue weighted by Crippen LogP contribution is -2.50. The molecule has 10 heteroatoms. The van der Waals surface area contributed by atoms with Gasteiger partial charge >= 0.3 is 12.0 Å². The molecule has 0 saturated carbocycles. The van der Waals surface area contributed by atoms with E-state index in [-0.39, 0.29) is 18.5 Å². The topological polar surface area (TPSA) is 119 Å². The lowest BCUT2D eigenvalue weighted by molar-refractivity contribution is -0.154. The Bertz CT molecular complexity index is 912. The van der Waals surface area contributed by atoms with Gasteiger partial charge in [-0.1, -0.05) is 0 Å². The zero-order chi connectivity index (χ0) is 20.2. The summed E-state index contributed by atoms with van der Waals surface area (Å²) < 4.78 is 6.33. The van der Waals surface area contributed by atoms with Crippen molar-refractivity contribution < 1.29 is 19.1 Å². The first-order valence-corrected chi connectivity index (χ1v) is 9.20. The third-order valence-electron chi connectivity index (χ3n) is 3.41. The van der Waals surface area contributed by atoms with Crippen molar-refractivity contribution in [2.75, 3.05) is 0 Å². The van der Waals surface area contributed by atoms with E-state index in [0.29, 0.717) is 10.2 Å². The predicted octanol–water partition coefficient (Wildman–Crippen LogP) is 1.40. The number of hydrogen-bond donors (Lipinski definition) is 2. The minimum absolute atomic E-state index is 0.0787. The van der Waals surface area contributed by atoms with Crippen LogP contribution in [0.25, 0.3) is 10.2 Å². The van der Waals surface area contributed by atoms with E-state index in [1.807, 2.05) is 0 Å². The average molecular weight is 394 g/mol. The second kappa shape index (κ2) is 8.30. The van der Waals surface area contributed by atoms with Crippen molar-refractivity contribution in [3.8, 4) is 0 Å². The SMILES string of the molecule is CC(OC(=O)CCn1cnc2sccc2c1=O)C(=O)NC(=O)NC(C)(C)C. The van der Waals surface area contributed by atoms with Gasteiger partial charge in [0.25, 0.3) is 11.5 Å². The van der Waals surface area contributed by atoms with Crippen molar-refractivity contribution in [1.29, 1.82) is 0 Å². The molecule has 0 fully saturated rings. The molecule has 0 aromatic carbocycles. The number of urea groups is 1. The number of nitrogens with zero attached hydrogens (tertiary/aromatic N) is 2. The lowest BCUT2D eigenvalue weighted by atomic mass is 10.1. The van der Waals surface area contributed by atoms with Gasteiger partial charge in [0, 0.05) is 12.1 Å². The van der Waals surface area contributed by atoms with Crippen LogP contribution in [-0.4, -0.2) is 39.1 Å². The molecule has 2 aromatic rings. The third kappa shape index (κ3) is 5.88. The maximum Gasteiger partial charge on any atom is 0.321 e. The Morgan fingerprint density at radius 3 is 2.70 bits per heavy atom. The van der Waals surface area contributed by atoms with Crippen LogP contribution in [0.5, 0.6) is 0 Å². The van der Waals surface area contributed by atoms with E-state index in [1.54, 1.807) is 32.2 Å². The third-order valence-corrected chi connectivity index (χ3v) is 4.23. The minimum Gasteiger partial charge on any atom is -0.452 e.